The van der Waals surface area contributed by atoms with Gasteiger partial charge >= 0.3 is 0 Å². The van der Waals surface area contributed by atoms with Crippen LogP contribution in [0.2, 0.25) is 0 Å². The normalized spacial score (nSPS) is 10.4. The smallest absolute Gasteiger partial charge is 0.276 e. The van der Waals surface area contributed by atoms with E-state index in [9.17, 15) is 9.59 Å². The molecule has 0 fully saturated rings. The lowest BCUT2D eigenvalue weighted by Crippen LogP contribution is -2.44. The highest BCUT2D eigenvalue weighted by Gasteiger charge is 2.16. The Labute approximate surface area is 164 Å². The van der Waals surface area contributed by atoms with Gasteiger partial charge in [0.25, 0.3) is 5.91 Å². The molecule has 0 unspecified atom stereocenters. The van der Waals surface area contributed by atoms with Crippen molar-refractivity contribution < 1.29 is 14.3 Å². The second kappa shape index (κ2) is 9.55. The van der Waals surface area contributed by atoms with Gasteiger partial charge in [-0.2, -0.15) is 10.4 Å². The van der Waals surface area contributed by atoms with Crippen molar-refractivity contribution in [3.63, 3.8) is 0 Å². The maximum atomic E-state index is 12.2. The zero-order valence-corrected chi connectivity index (χ0v) is 16.6. The number of amides is 2. The van der Waals surface area contributed by atoms with Crippen molar-refractivity contribution in [2.45, 2.75) is 40.7 Å². The molecule has 28 heavy (non-hydrogen) atoms. The summed E-state index contributed by atoms with van der Waals surface area (Å²) in [7, 11) is 0. The number of ether oxygens (including phenoxy) is 1. The maximum absolute atomic E-state index is 12.2. The first-order valence-electron chi connectivity index (χ1n) is 9.04. The molecule has 0 saturated carbocycles. The zero-order chi connectivity index (χ0) is 20.7. The number of nitrogens with one attached hydrogen (secondary N) is 2. The molecular weight excluding hydrogens is 358 g/mol. The van der Waals surface area contributed by atoms with E-state index in [2.05, 4.69) is 29.8 Å². The standard InChI is InChI=1S/C20H25N5O3/c1-13(2)11-25-15(4)17(14(3)24-25)9-19(26)22-23-20(27)12-28-18-8-6-5-7-16(18)10-21/h5-8,13H,9,11-12H2,1-4H3,(H,22,26)(H,23,27). The molecule has 2 amide bonds. The van der Waals surface area contributed by atoms with Gasteiger partial charge in [-0.1, -0.05) is 26.0 Å². The number of aromatic nitrogens is 2. The highest BCUT2D eigenvalue weighted by Crippen LogP contribution is 2.16. The van der Waals surface area contributed by atoms with Crippen LogP contribution in [0, 0.1) is 31.1 Å². The van der Waals surface area contributed by atoms with E-state index in [0.717, 1.165) is 23.5 Å². The van der Waals surface area contributed by atoms with E-state index in [4.69, 9.17) is 10.00 Å². The molecule has 0 atom stereocenters. The summed E-state index contributed by atoms with van der Waals surface area (Å²) in [4.78, 5) is 24.1. The van der Waals surface area contributed by atoms with Crippen molar-refractivity contribution in [3.05, 3.63) is 46.8 Å². The topological polar surface area (TPSA) is 109 Å². The highest BCUT2D eigenvalue weighted by atomic mass is 16.5. The molecule has 8 nitrogen and oxygen atoms in total. The molecule has 0 bridgehead atoms. The summed E-state index contributed by atoms with van der Waals surface area (Å²) in [5.74, 6) is -0.105. The van der Waals surface area contributed by atoms with Gasteiger partial charge in [-0.3, -0.25) is 25.1 Å². The molecule has 1 heterocycles. The Morgan fingerprint density at radius 3 is 2.57 bits per heavy atom. The summed E-state index contributed by atoms with van der Waals surface area (Å²) in [6, 6.07) is 8.60. The van der Waals surface area contributed by atoms with Crippen molar-refractivity contribution in [3.8, 4) is 11.8 Å². The molecule has 2 N–H and O–H groups in total. The predicted molar refractivity (Wildman–Crippen MR) is 103 cm³/mol. The van der Waals surface area contributed by atoms with Gasteiger partial charge in [0, 0.05) is 17.8 Å². The summed E-state index contributed by atoms with van der Waals surface area (Å²) in [6.45, 7) is 8.48. The molecule has 148 valence electrons. The van der Waals surface area contributed by atoms with Crippen LogP contribution in [0.5, 0.6) is 5.75 Å². The van der Waals surface area contributed by atoms with Gasteiger partial charge in [0.2, 0.25) is 5.91 Å². The van der Waals surface area contributed by atoms with E-state index in [1.54, 1.807) is 24.3 Å². The first kappa shape index (κ1) is 21.0. The number of hydrogen-bond acceptors (Lipinski definition) is 5. The Balaban J connectivity index is 1.85. The number of carbonyl (C=O) groups is 2. The second-order valence-corrected chi connectivity index (χ2v) is 6.90. The Hall–Kier alpha value is -3.34. The zero-order valence-electron chi connectivity index (χ0n) is 16.6. The van der Waals surface area contributed by atoms with E-state index in [1.165, 1.54) is 0 Å². The molecule has 2 rings (SSSR count). The van der Waals surface area contributed by atoms with Crippen LogP contribution in [0.4, 0.5) is 0 Å². The van der Waals surface area contributed by atoms with Crippen LogP contribution in [-0.2, 0) is 22.6 Å². The summed E-state index contributed by atoms with van der Waals surface area (Å²) in [5.41, 5.74) is 7.63. The van der Waals surface area contributed by atoms with Crippen molar-refractivity contribution in [2.75, 3.05) is 6.61 Å². The molecule has 0 aliphatic rings. The number of nitrogens with zero attached hydrogens (tertiary/aromatic N) is 3. The Morgan fingerprint density at radius 1 is 1.21 bits per heavy atom. The number of carbonyl (C=O) groups excluding carboxylic acids is 2. The number of nitriles is 1. The number of aryl methyl sites for hydroxylation is 1. The van der Waals surface area contributed by atoms with E-state index < -0.39 is 5.91 Å². The van der Waals surface area contributed by atoms with Gasteiger partial charge in [-0.05, 0) is 31.9 Å². The van der Waals surface area contributed by atoms with Crippen molar-refractivity contribution in [1.29, 1.82) is 5.26 Å². The number of benzene rings is 1. The number of hydrazine groups is 1. The molecule has 2 aromatic rings. The predicted octanol–water partition coefficient (Wildman–Crippen LogP) is 1.80. The average Bonchev–Trinajstić information content (AvgIpc) is 2.91. The molecular formula is C20H25N5O3. The third kappa shape index (κ3) is 5.58. The number of rotatable bonds is 7. The molecule has 0 saturated heterocycles. The molecule has 0 aliphatic carbocycles. The molecule has 8 heteroatoms. The lowest BCUT2D eigenvalue weighted by molar-refractivity contribution is -0.129. The third-order valence-corrected chi connectivity index (χ3v) is 4.11. The SMILES string of the molecule is Cc1nn(CC(C)C)c(C)c1CC(=O)NNC(=O)COc1ccccc1C#N. The minimum Gasteiger partial charge on any atom is -0.482 e. The molecule has 0 spiro atoms. The monoisotopic (exact) mass is 383 g/mol. The summed E-state index contributed by atoms with van der Waals surface area (Å²) in [6.07, 6.45) is 0.119. The summed E-state index contributed by atoms with van der Waals surface area (Å²) >= 11 is 0. The number of hydrogen-bond donors (Lipinski definition) is 2. The summed E-state index contributed by atoms with van der Waals surface area (Å²) < 4.78 is 7.22. The number of para-hydroxylation sites is 1. The molecule has 1 aromatic heterocycles. The van der Waals surface area contributed by atoms with Crippen molar-refractivity contribution in [2.24, 2.45) is 5.92 Å². The van der Waals surface area contributed by atoms with Gasteiger partial charge in [0.15, 0.2) is 6.61 Å². The van der Waals surface area contributed by atoms with Gasteiger partial charge in [0.1, 0.15) is 11.8 Å². The van der Waals surface area contributed by atoms with Gasteiger partial charge in [-0.15, -0.1) is 0 Å². The van der Waals surface area contributed by atoms with Gasteiger partial charge < -0.3 is 4.74 Å². The van der Waals surface area contributed by atoms with E-state index in [1.807, 2.05) is 24.6 Å². The minimum atomic E-state index is -0.523. The van der Waals surface area contributed by atoms with Crippen LogP contribution in [0.25, 0.3) is 0 Å². The minimum absolute atomic E-state index is 0.119. The van der Waals surface area contributed by atoms with Gasteiger partial charge in [0.05, 0.1) is 17.7 Å². The lowest BCUT2D eigenvalue weighted by Gasteiger charge is -2.10. The fraction of sp³-hybridized carbons (Fsp3) is 0.400. The largest absolute Gasteiger partial charge is 0.482 e. The van der Waals surface area contributed by atoms with Crippen LogP contribution in [0.1, 0.15) is 36.4 Å². The Bertz CT molecular complexity index is 896. The second-order valence-electron chi connectivity index (χ2n) is 6.90. The molecule has 0 aliphatic heterocycles. The first-order valence-corrected chi connectivity index (χ1v) is 9.04. The summed E-state index contributed by atoms with van der Waals surface area (Å²) in [5, 5.41) is 13.5. The van der Waals surface area contributed by atoms with E-state index >= 15 is 0 Å². The van der Waals surface area contributed by atoms with Crippen LogP contribution in [-0.4, -0.2) is 28.2 Å². The Morgan fingerprint density at radius 2 is 1.89 bits per heavy atom. The van der Waals surface area contributed by atoms with Gasteiger partial charge in [-0.25, -0.2) is 0 Å². The quantitative estimate of drug-likeness (QED) is 0.709. The fourth-order valence-corrected chi connectivity index (χ4v) is 2.72. The maximum Gasteiger partial charge on any atom is 0.276 e. The van der Waals surface area contributed by atoms with Crippen LogP contribution >= 0.6 is 0 Å². The van der Waals surface area contributed by atoms with Crippen LogP contribution < -0.4 is 15.6 Å². The van der Waals surface area contributed by atoms with Crippen LogP contribution in [0.3, 0.4) is 0 Å². The van der Waals surface area contributed by atoms with E-state index in [0.29, 0.717) is 17.2 Å². The first-order chi connectivity index (χ1) is 13.3. The highest BCUT2D eigenvalue weighted by molar-refractivity contribution is 5.84. The third-order valence-electron chi connectivity index (χ3n) is 4.11. The van der Waals surface area contributed by atoms with Crippen molar-refractivity contribution >= 4 is 11.8 Å². The Kier molecular flexibility index (Phi) is 7.15. The van der Waals surface area contributed by atoms with Crippen LogP contribution in [0.15, 0.2) is 24.3 Å². The fourth-order valence-electron chi connectivity index (χ4n) is 2.72. The lowest BCUT2D eigenvalue weighted by atomic mass is 10.1. The van der Waals surface area contributed by atoms with E-state index in [-0.39, 0.29) is 18.9 Å². The molecule has 0 radical (unpaired) electrons. The van der Waals surface area contributed by atoms with Crippen molar-refractivity contribution in [1.82, 2.24) is 20.6 Å². The average molecular weight is 383 g/mol. The molecule has 1 aromatic carbocycles.